The number of fused-ring (bicyclic) bond motifs is 4. The van der Waals surface area contributed by atoms with Gasteiger partial charge in [0.15, 0.2) is 5.78 Å². The summed E-state index contributed by atoms with van der Waals surface area (Å²) < 4.78 is 6.16. The summed E-state index contributed by atoms with van der Waals surface area (Å²) in [6.45, 7) is 5.56. The highest BCUT2D eigenvalue weighted by molar-refractivity contribution is 5.91. The Kier molecular flexibility index (Phi) is 3.06. The zero-order chi connectivity index (χ0) is 18.7. The van der Waals surface area contributed by atoms with Crippen LogP contribution in [-0.4, -0.2) is 39.8 Å². The summed E-state index contributed by atoms with van der Waals surface area (Å²) in [5.74, 6) is 0.408. The zero-order valence-electron chi connectivity index (χ0n) is 15.8. The van der Waals surface area contributed by atoms with Crippen molar-refractivity contribution in [2.24, 2.45) is 28.6 Å². The van der Waals surface area contributed by atoms with E-state index in [2.05, 4.69) is 6.92 Å². The van der Waals surface area contributed by atoms with Gasteiger partial charge < -0.3 is 9.84 Å². The van der Waals surface area contributed by atoms with Gasteiger partial charge in [0, 0.05) is 36.0 Å². The molecule has 5 heteroatoms. The van der Waals surface area contributed by atoms with E-state index in [0.717, 1.165) is 19.3 Å². The maximum atomic E-state index is 13.4. The molecular weight excluding hydrogens is 332 g/mol. The topological polar surface area (TPSA) is 84.0 Å². The third kappa shape index (κ3) is 1.64. The van der Waals surface area contributed by atoms with Crippen LogP contribution in [0.25, 0.3) is 0 Å². The fourth-order valence-electron chi connectivity index (χ4n) is 7.86. The van der Waals surface area contributed by atoms with E-state index in [0.29, 0.717) is 19.3 Å². The minimum atomic E-state index is -1.39. The Hall–Kier alpha value is -1.07. The number of epoxide rings is 1. The van der Waals surface area contributed by atoms with Crippen LogP contribution in [-0.2, 0) is 19.1 Å². The van der Waals surface area contributed by atoms with Gasteiger partial charge in [0.1, 0.15) is 22.8 Å². The van der Waals surface area contributed by atoms with Gasteiger partial charge in [-0.3, -0.25) is 14.4 Å². The van der Waals surface area contributed by atoms with E-state index >= 15 is 0 Å². The second-order valence-electron chi connectivity index (χ2n) is 10.1. The molecule has 1 N–H and O–H groups in total. The van der Waals surface area contributed by atoms with E-state index in [9.17, 15) is 19.5 Å². The second kappa shape index (κ2) is 4.67. The summed E-state index contributed by atoms with van der Waals surface area (Å²) >= 11 is 0. The first-order valence-corrected chi connectivity index (χ1v) is 10.0. The van der Waals surface area contributed by atoms with Gasteiger partial charge >= 0.3 is 0 Å². The lowest BCUT2D eigenvalue weighted by Crippen LogP contribution is -2.63. The molecule has 1 heterocycles. The van der Waals surface area contributed by atoms with Gasteiger partial charge in [0.2, 0.25) is 0 Å². The quantitative estimate of drug-likeness (QED) is 0.725. The third-order valence-corrected chi connectivity index (χ3v) is 9.33. The molecule has 5 rings (SSSR count). The zero-order valence-corrected chi connectivity index (χ0v) is 15.8. The summed E-state index contributed by atoms with van der Waals surface area (Å²) in [6.07, 6.45) is 4.04. The molecule has 5 fully saturated rings. The lowest BCUT2D eigenvalue weighted by molar-refractivity contribution is -0.173. The van der Waals surface area contributed by atoms with Gasteiger partial charge in [-0.15, -0.1) is 0 Å². The molecule has 1 spiro atoms. The van der Waals surface area contributed by atoms with Gasteiger partial charge in [0.05, 0.1) is 6.10 Å². The molecule has 0 aromatic carbocycles. The Morgan fingerprint density at radius 3 is 2.58 bits per heavy atom. The van der Waals surface area contributed by atoms with E-state index in [1.165, 1.54) is 6.92 Å². The van der Waals surface area contributed by atoms with Crippen LogP contribution >= 0.6 is 0 Å². The number of hydrogen-bond donors (Lipinski definition) is 1. The van der Waals surface area contributed by atoms with Crippen molar-refractivity contribution in [2.45, 2.75) is 83.0 Å². The Labute approximate surface area is 153 Å². The van der Waals surface area contributed by atoms with Crippen molar-refractivity contribution >= 4 is 17.3 Å². The predicted molar refractivity (Wildman–Crippen MR) is 92.3 cm³/mol. The number of hydrogen-bond acceptors (Lipinski definition) is 5. The second-order valence-corrected chi connectivity index (χ2v) is 10.1. The number of aliphatic hydroxyl groups is 1. The number of ketones is 3. The van der Waals surface area contributed by atoms with Gasteiger partial charge in [-0.1, -0.05) is 13.8 Å². The Morgan fingerprint density at radius 2 is 1.88 bits per heavy atom. The average molecular weight is 360 g/mol. The van der Waals surface area contributed by atoms with E-state index < -0.39 is 16.6 Å². The molecule has 0 amide bonds. The van der Waals surface area contributed by atoms with E-state index in [4.69, 9.17) is 4.74 Å². The molecule has 1 saturated heterocycles. The van der Waals surface area contributed by atoms with Crippen molar-refractivity contribution in [3.8, 4) is 0 Å². The highest BCUT2D eigenvalue weighted by Gasteiger charge is 2.78. The molecule has 8 atom stereocenters. The van der Waals surface area contributed by atoms with Gasteiger partial charge in [-0.05, 0) is 44.4 Å². The average Bonchev–Trinajstić information content (AvgIpc) is 3.17. The van der Waals surface area contributed by atoms with Crippen LogP contribution in [0.5, 0.6) is 0 Å². The van der Waals surface area contributed by atoms with Crippen molar-refractivity contribution in [1.82, 2.24) is 0 Å². The van der Waals surface area contributed by atoms with Gasteiger partial charge in [0.25, 0.3) is 0 Å². The molecule has 0 aromatic rings. The standard InChI is InChI=1S/C21H28O5/c1-11(22)20(25)7-5-14-13-8-16-21(26-16)9-12(23)4-6-18(21,2)17(13)15(24)10-19(14,20)3/h13-14,16-17,25H,4-10H2,1-3H3/t13-,14-,16-,17+,18+,19-,20-,21-/m0/s1. The van der Waals surface area contributed by atoms with Crippen LogP contribution in [0.1, 0.15) is 65.7 Å². The number of carbonyl (C=O) groups is 3. The van der Waals surface area contributed by atoms with Crippen molar-refractivity contribution in [3.05, 3.63) is 0 Å². The SMILES string of the molecule is CC(=O)[C@@]1(O)CC[C@H]2[C@@H]3C[C@@H]4O[C@@]45CC(=O)CC[C@]5(C)[C@H]3C(=O)C[C@@]21C. The van der Waals surface area contributed by atoms with Crippen LogP contribution in [0.4, 0.5) is 0 Å². The van der Waals surface area contributed by atoms with E-state index in [1.807, 2.05) is 6.92 Å². The number of ether oxygens (including phenoxy) is 1. The molecule has 0 unspecified atom stereocenters. The Bertz CT molecular complexity index is 745. The molecule has 4 saturated carbocycles. The van der Waals surface area contributed by atoms with Crippen LogP contribution in [0.3, 0.4) is 0 Å². The summed E-state index contributed by atoms with van der Waals surface area (Å²) in [7, 11) is 0. The van der Waals surface area contributed by atoms with Crippen molar-refractivity contribution in [3.63, 3.8) is 0 Å². The summed E-state index contributed by atoms with van der Waals surface area (Å²) in [6, 6.07) is 0. The lowest BCUT2D eigenvalue weighted by Gasteiger charge is -2.58. The smallest absolute Gasteiger partial charge is 0.161 e. The molecule has 0 bridgehead atoms. The molecule has 1 aliphatic heterocycles. The first-order chi connectivity index (χ1) is 12.1. The summed E-state index contributed by atoms with van der Waals surface area (Å²) in [5, 5.41) is 11.2. The monoisotopic (exact) mass is 360 g/mol. The molecule has 0 radical (unpaired) electrons. The first-order valence-electron chi connectivity index (χ1n) is 10.0. The Balaban J connectivity index is 1.58. The molecule has 5 nitrogen and oxygen atoms in total. The molecule has 26 heavy (non-hydrogen) atoms. The highest BCUT2D eigenvalue weighted by atomic mass is 16.6. The fourth-order valence-corrected chi connectivity index (χ4v) is 7.86. The molecule has 0 aromatic heterocycles. The molecule has 142 valence electrons. The maximum Gasteiger partial charge on any atom is 0.161 e. The van der Waals surface area contributed by atoms with Crippen LogP contribution in [0.15, 0.2) is 0 Å². The van der Waals surface area contributed by atoms with Crippen molar-refractivity contribution in [2.75, 3.05) is 0 Å². The number of rotatable bonds is 1. The lowest BCUT2D eigenvalue weighted by atomic mass is 9.44. The van der Waals surface area contributed by atoms with E-state index in [1.54, 1.807) is 0 Å². The van der Waals surface area contributed by atoms with Crippen molar-refractivity contribution < 1.29 is 24.2 Å². The predicted octanol–water partition coefficient (Wildman–Crippen LogP) is 2.23. The molecular formula is C21H28O5. The largest absolute Gasteiger partial charge is 0.381 e. The molecule has 4 aliphatic carbocycles. The summed E-state index contributed by atoms with van der Waals surface area (Å²) in [5.41, 5.74) is -2.78. The fraction of sp³-hybridized carbons (Fsp3) is 0.857. The highest BCUT2D eigenvalue weighted by Crippen LogP contribution is 2.73. The van der Waals surface area contributed by atoms with Crippen molar-refractivity contribution in [1.29, 1.82) is 0 Å². The van der Waals surface area contributed by atoms with Gasteiger partial charge in [-0.2, -0.15) is 0 Å². The number of carbonyl (C=O) groups excluding carboxylic acids is 3. The maximum absolute atomic E-state index is 13.4. The van der Waals surface area contributed by atoms with E-state index in [-0.39, 0.29) is 53.0 Å². The molecule has 5 aliphatic rings. The minimum Gasteiger partial charge on any atom is -0.381 e. The first kappa shape index (κ1) is 17.1. The Morgan fingerprint density at radius 1 is 1.15 bits per heavy atom. The summed E-state index contributed by atoms with van der Waals surface area (Å²) in [4.78, 5) is 37.8. The van der Waals surface area contributed by atoms with Crippen LogP contribution in [0, 0.1) is 28.6 Å². The van der Waals surface area contributed by atoms with Crippen LogP contribution < -0.4 is 0 Å². The van der Waals surface area contributed by atoms with Crippen LogP contribution in [0.2, 0.25) is 0 Å². The third-order valence-electron chi connectivity index (χ3n) is 9.33. The number of Topliss-reactive ketones (excluding diaryl/α,β-unsaturated/α-hetero) is 3. The van der Waals surface area contributed by atoms with Gasteiger partial charge in [-0.25, -0.2) is 0 Å². The minimum absolute atomic E-state index is 0.0548. The normalized spacial score (nSPS) is 57.7.